The quantitative estimate of drug-likeness (QED) is 0.753. The van der Waals surface area contributed by atoms with E-state index in [1.165, 1.54) is 6.26 Å². The lowest BCUT2D eigenvalue weighted by Crippen LogP contribution is -2.30. The zero-order chi connectivity index (χ0) is 17.0. The van der Waals surface area contributed by atoms with Crippen LogP contribution in [0, 0.1) is 10.2 Å². The van der Waals surface area contributed by atoms with Gasteiger partial charge in [0.05, 0.1) is 24.9 Å². The van der Waals surface area contributed by atoms with E-state index in [2.05, 4.69) is 10.3 Å². The Morgan fingerprint density at radius 1 is 1.42 bits per heavy atom. The number of ether oxygens (including phenoxy) is 2. The van der Waals surface area contributed by atoms with E-state index in [9.17, 15) is 4.21 Å². The van der Waals surface area contributed by atoms with Crippen LogP contribution in [0.15, 0.2) is 6.20 Å². The predicted molar refractivity (Wildman–Crippen MR) is 91.5 cm³/mol. The SMILES string of the molecule is CS(=N)(=O)CCCCc1cn(CC2CC3(CCOCC3)CO2)nn1. The normalized spacial score (nSPS) is 25.8. The van der Waals surface area contributed by atoms with Crippen LogP contribution in [0.4, 0.5) is 0 Å². The Hall–Kier alpha value is -0.990. The van der Waals surface area contributed by atoms with Gasteiger partial charge in [-0.3, -0.25) is 8.99 Å². The van der Waals surface area contributed by atoms with Gasteiger partial charge in [0.25, 0.3) is 0 Å². The van der Waals surface area contributed by atoms with Crippen molar-refractivity contribution >= 4 is 9.73 Å². The van der Waals surface area contributed by atoms with Crippen LogP contribution in [-0.2, 0) is 32.2 Å². The van der Waals surface area contributed by atoms with Crippen molar-refractivity contribution < 1.29 is 13.7 Å². The molecular formula is C16H28N4O3S. The fourth-order valence-corrected chi connectivity index (χ4v) is 4.36. The molecule has 1 spiro atoms. The molecule has 24 heavy (non-hydrogen) atoms. The third-order valence-corrected chi connectivity index (χ3v) is 6.10. The van der Waals surface area contributed by atoms with Crippen LogP contribution in [-0.4, -0.2) is 57.1 Å². The molecule has 3 heterocycles. The van der Waals surface area contributed by atoms with Crippen molar-refractivity contribution in [3.63, 3.8) is 0 Å². The molecule has 0 bridgehead atoms. The summed E-state index contributed by atoms with van der Waals surface area (Å²) in [5.74, 6) is 0.461. The van der Waals surface area contributed by atoms with E-state index in [0.29, 0.717) is 11.2 Å². The van der Waals surface area contributed by atoms with Crippen LogP contribution in [0.2, 0.25) is 0 Å². The molecule has 2 saturated heterocycles. The van der Waals surface area contributed by atoms with E-state index in [1.54, 1.807) is 0 Å². The van der Waals surface area contributed by atoms with E-state index in [4.69, 9.17) is 14.3 Å². The van der Waals surface area contributed by atoms with Gasteiger partial charge in [0.1, 0.15) is 0 Å². The second kappa shape index (κ2) is 7.49. The number of unbranched alkanes of at least 4 members (excludes halogenated alkanes) is 1. The molecule has 1 N–H and O–H groups in total. The second-order valence-electron chi connectivity index (χ2n) is 7.35. The van der Waals surface area contributed by atoms with Crippen molar-refractivity contribution in [1.82, 2.24) is 15.0 Å². The Labute approximate surface area is 144 Å². The molecule has 3 rings (SSSR count). The van der Waals surface area contributed by atoms with Gasteiger partial charge < -0.3 is 9.47 Å². The topological polar surface area (TPSA) is 90.1 Å². The predicted octanol–water partition coefficient (Wildman–Crippen LogP) is 1.86. The summed E-state index contributed by atoms with van der Waals surface area (Å²) in [5, 5.41) is 8.42. The van der Waals surface area contributed by atoms with Crippen LogP contribution < -0.4 is 0 Å². The molecule has 2 aliphatic heterocycles. The Balaban J connectivity index is 1.43. The van der Waals surface area contributed by atoms with Crippen molar-refractivity contribution in [2.24, 2.45) is 5.41 Å². The number of hydrogen-bond donors (Lipinski definition) is 1. The van der Waals surface area contributed by atoms with E-state index in [1.807, 2.05) is 10.9 Å². The van der Waals surface area contributed by atoms with Crippen molar-refractivity contribution in [3.05, 3.63) is 11.9 Å². The highest BCUT2D eigenvalue weighted by Crippen LogP contribution is 2.41. The maximum Gasteiger partial charge on any atom is 0.0827 e. The largest absolute Gasteiger partial charge is 0.381 e. The first kappa shape index (κ1) is 17.8. The molecule has 136 valence electrons. The number of nitrogens with zero attached hydrogens (tertiary/aromatic N) is 3. The highest BCUT2D eigenvalue weighted by Gasteiger charge is 2.41. The lowest BCUT2D eigenvalue weighted by molar-refractivity contribution is 0.00633. The first-order chi connectivity index (χ1) is 11.4. The highest BCUT2D eigenvalue weighted by molar-refractivity contribution is 7.91. The Morgan fingerprint density at radius 2 is 2.21 bits per heavy atom. The number of nitrogens with one attached hydrogen (secondary N) is 1. The monoisotopic (exact) mass is 356 g/mol. The van der Waals surface area contributed by atoms with Gasteiger partial charge in [-0.2, -0.15) is 0 Å². The van der Waals surface area contributed by atoms with Crippen molar-refractivity contribution in [2.75, 3.05) is 31.8 Å². The van der Waals surface area contributed by atoms with E-state index < -0.39 is 9.73 Å². The molecule has 0 amide bonds. The minimum Gasteiger partial charge on any atom is -0.381 e. The standard InChI is InChI=1S/C16H28N4O3S/c1-24(17,21)9-3-2-4-14-11-20(19-18-14)12-15-10-16(13-23-15)5-7-22-8-6-16/h11,15,17H,2-10,12-13H2,1H3. The van der Waals surface area contributed by atoms with E-state index in [0.717, 1.165) is 70.6 Å². The summed E-state index contributed by atoms with van der Waals surface area (Å²) in [6.07, 6.45) is 9.49. The molecule has 0 aliphatic carbocycles. The van der Waals surface area contributed by atoms with Gasteiger partial charge in [-0.25, -0.2) is 4.68 Å². The number of hydrogen-bond acceptors (Lipinski definition) is 6. The van der Waals surface area contributed by atoms with Gasteiger partial charge in [-0.15, -0.1) is 5.10 Å². The van der Waals surface area contributed by atoms with Gasteiger partial charge in [-0.1, -0.05) is 5.21 Å². The molecule has 0 aromatic carbocycles. The average Bonchev–Trinajstić information content (AvgIpc) is 3.12. The maximum atomic E-state index is 11.3. The molecule has 2 aliphatic rings. The van der Waals surface area contributed by atoms with Crippen LogP contribution in [0.25, 0.3) is 0 Å². The van der Waals surface area contributed by atoms with E-state index in [-0.39, 0.29) is 6.10 Å². The fraction of sp³-hybridized carbons (Fsp3) is 0.875. The summed E-state index contributed by atoms with van der Waals surface area (Å²) in [7, 11) is -2.37. The van der Waals surface area contributed by atoms with Gasteiger partial charge in [0, 0.05) is 46.6 Å². The van der Waals surface area contributed by atoms with Gasteiger partial charge in [0.15, 0.2) is 0 Å². The minimum absolute atomic E-state index is 0.214. The molecule has 7 nitrogen and oxygen atoms in total. The summed E-state index contributed by atoms with van der Waals surface area (Å²) in [6.45, 7) is 3.30. The zero-order valence-corrected chi connectivity index (χ0v) is 15.2. The molecule has 2 unspecified atom stereocenters. The van der Waals surface area contributed by atoms with Crippen LogP contribution >= 0.6 is 0 Å². The van der Waals surface area contributed by atoms with Crippen molar-refractivity contribution in [3.8, 4) is 0 Å². The molecule has 8 heteroatoms. The molecule has 1 aromatic rings. The lowest BCUT2D eigenvalue weighted by Gasteiger charge is -2.31. The number of rotatable bonds is 7. The zero-order valence-electron chi connectivity index (χ0n) is 14.4. The van der Waals surface area contributed by atoms with Gasteiger partial charge in [0.2, 0.25) is 0 Å². The number of aryl methyl sites for hydroxylation is 1. The second-order valence-corrected chi connectivity index (χ2v) is 9.77. The minimum atomic E-state index is -2.37. The Kier molecular flexibility index (Phi) is 5.56. The third-order valence-electron chi connectivity index (χ3n) is 5.03. The van der Waals surface area contributed by atoms with Crippen LogP contribution in [0.1, 0.15) is 37.8 Å². The smallest absolute Gasteiger partial charge is 0.0827 e. The third kappa shape index (κ3) is 5.00. The Morgan fingerprint density at radius 3 is 2.96 bits per heavy atom. The fourth-order valence-electron chi connectivity index (χ4n) is 3.60. The van der Waals surface area contributed by atoms with Crippen LogP contribution in [0.3, 0.4) is 0 Å². The first-order valence-corrected chi connectivity index (χ1v) is 10.9. The summed E-state index contributed by atoms with van der Waals surface area (Å²) in [4.78, 5) is 0. The number of aromatic nitrogens is 3. The molecule has 1 aromatic heterocycles. The van der Waals surface area contributed by atoms with Gasteiger partial charge in [-0.05, 0) is 38.5 Å². The van der Waals surface area contributed by atoms with Gasteiger partial charge >= 0.3 is 0 Å². The summed E-state index contributed by atoms with van der Waals surface area (Å²) in [5.41, 5.74) is 1.27. The summed E-state index contributed by atoms with van der Waals surface area (Å²) < 4.78 is 32.1. The lowest BCUT2D eigenvalue weighted by atomic mass is 9.78. The molecule has 2 fully saturated rings. The van der Waals surface area contributed by atoms with Crippen LogP contribution in [0.5, 0.6) is 0 Å². The van der Waals surface area contributed by atoms with Crippen molar-refractivity contribution in [1.29, 1.82) is 4.78 Å². The van der Waals surface area contributed by atoms with Crippen molar-refractivity contribution in [2.45, 2.75) is 51.2 Å². The molecule has 2 atom stereocenters. The molecule has 0 saturated carbocycles. The average molecular weight is 356 g/mol. The maximum absolute atomic E-state index is 11.3. The summed E-state index contributed by atoms with van der Waals surface area (Å²) >= 11 is 0. The molecule has 0 radical (unpaired) electrons. The first-order valence-electron chi connectivity index (χ1n) is 8.74. The summed E-state index contributed by atoms with van der Waals surface area (Å²) in [6, 6.07) is 0. The highest BCUT2D eigenvalue weighted by atomic mass is 32.2. The van der Waals surface area contributed by atoms with E-state index >= 15 is 0 Å². The molecular weight excluding hydrogens is 328 g/mol. The Bertz CT molecular complexity index is 638.